The third-order valence-corrected chi connectivity index (χ3v) is 5.39. The number of ether oxygens (including phenoxy) is 2. The number of nitrogens with two attached hydrogens (primary N) is 2. The largest absolute Gasteiger partial charge is 0.383 e. The molecule has 2 saturated heterocycles. The van der Waals surface area contributed by atoms with Crippen LogP contribution in [0.15, 0.2) is 12.5 Å². The van der Waals surface area contributed by atoms with Gasteiger partial charge in [-0.15, -0.1) is 0 Å². The maximum Gasteiger partial charge on any atom is 0.228 e. The van der Waals surface area contributed by atoms with Crippen LogP contribution in [-0.2, 0) is 9.47 Å². The quantitative estimate of drug-likeness (QED) is 0.646. The Labute approximate surface area is 167 Å². The lowest BCUT2D eigenvalue weighted by Gasteiger charge is -2.27. The van der Waals surface area contributed by atoms with Crippen molar-refractivity contribution >= 4 is 28.9 Å². The molecule has 11 nitrogen and oxygen atoms in total. The van der Waals surface area contributed by atoms with Crippen molar-refractivity contribution in [3.63, 3.8) is 0 Å². The van der Waals surface area contributed by atoms with Gasteiger partial charge in [-0.05, 0) is 12.8 Å². The molecule has 152 valence electrons. The van der Waals surface area contributed by atoms with Gasteiger partial charge in [0.2, 0.25) is 11.9 Å². The van der Waals surface area contributed by atoms with Gasteiger partial charge in [-0.25, -0.2) is 15.0 Å². The number of aromatic nitrogens is 6. The first-order chi connectivity index (χ1) is 14.2. The van der Waals surface area contributed by atoms with Gasteiger partial charge in [0.05, 0.1) is 25.1 Å². The summed E-state index contributed by atoms with van der Waals surface area (Å²) in [6, 6.07) is 0.265. The molecular formula is C18H23N9O2. The van der Waals surface area contributed by atoms with E-state index in [1.165, 1.54) is 0 Å². The molecule has 5 heterocycles. The Morgan fingerprint density at radius 3 is 2.45 bits per heavy atom. The zero-order valence-electron chi connectivity index (χ0n) is 16.0. The Hall–Kier alpha value is -3.05. The second kappa shape index (κ2) is 7.41. The highest BCUT2D eigenvalue weighted by atomic mass is 16.5. The van der Waals surface area contributed by atoms with Crippen LogP contribution in [-0.4, -0.2) is 69.0 Å². The van der Waals surface area contributed by atoms with Crippen LogP contribution < -0.4 is 16.4 Å². The molecule has 0 atom stereocenters. The molecule has 11 heteroatoms. The molecule has 0 aromatic carbocycles. The van der Waals surface area contributed by atoms with Gasteiger partial charge in [-0.3, -0.25) is 0 Å². The number of imidazole rings is 1. The van der Waals surface area contributed by atoms with Gasteiger partial charge in [0, 0.05) is 38.5 Å². The van der Waals surface area contributed by atoms with E-state index < -0.39 is 0 Å². The second-order valence-electron chi connectivity index (χ2n) is 7.17. The van der Waals surface area contributed by atoms with Crippen molar-refractivity contribution in [3.05, 3.63) is 12.5 Å². The monoisotopic (exact) mass is 397 g/mol. The minimum atomic E-state index is 0.128. The fourth-order valence-electron chi connectivity index (χ4n) is 3.86. The van der Waals surface area contributed by atoms with Gasteiger partial charge in [0.1, 0.15) is 17.0 Å². The standard InChI is InChI=1S/C18H23N9O2/c19-15-12(9-21-17(20)24-15)13-14-16(22-10-27(14)11-1-5-28-6-2-11)25-18(23-13)26-3-7-29-8-4-26/h9-11H,1-8H2,(H4,19,20,21,24). The molecule has 0 radical (unpaired) electrons. The molecule has 0 amide bonds. The van der Waals surface area contributed by atoms with Crippen molar-refractivity contribution in [2.45, 2.75) is 18.9 Å². The molecule has 2 aliphatic heterocycles. The predicted octanol–water partition coefficient (Wildman–Crippen LogP) is 0.636. The summed E-state index contributed by atoms with van der Waals surface area (Å²) in [6.45, 7) is 4.17. The predicted molar refractivity (Wildman–Crippen MR) is 107 cm³/mol. The summed E-state index contributed by atoms with van der Waals surface area (Å²) in [7, 11) is 0. The minimum Gasteiger partial charge on any atom is -0.383 e. The summed E-state index contributed by atoms with van der Waals surface area (Å²) >= 11 is 0. The van der Waals surface area contributed by atoms with Gasteiger partial charge in [0.25, 0.3) is 0 Å². The third kappa shape index (κ3) is 3.32. The first kappa shape index (κ1) is 18.0. The number of hydrogen-bond donors (Lipinski definition) is 2. The van der Waals surface area contributed by atoms with Gasteiger partial charge in [-0.2, -0.15) is 9.97 Å². The SMILES string of the molecule is Nc1ncc(-c2nc(N3CCOCC3)nc3ncn(C4CCOCC4)c23)c(N)n1. The van der Waals surface area contributed by atoms with E-state index in [1.54, 1.807) is 6.20 Å². The van der Waals surface area contributed by atoms with E-state index in [4.69, 9.17) is 30.9 Å². The number of nitrogens with zero attached hydrogens (tertiary/aromatic N) is 7. The van der Waals surface area contributed by atoms with E-state index in [0.717, 1.165) is 44.7 Å². The Bertz CT molecular complexity index is 1030. The summed E-state index contributed by atoms with van der Waals surface area (Å²) in [6.07, 6.45) is 5.26. The van der Waals surface area contributed by atoms with Gasteiger partial charge < -0.3 is 30.4 Å². The number of anilines is 3. The summed E-state index contributed by atoms with van der Waals surface area (Å²) in [5, 5.41) is 0. The summed E-state index contributed by atoms with van der Waals surface area (Å²) in [5.41, 5.74) is 14.6. The maximum absolute atomic E-state index is 6.20. The lowest BCUT2D eigenvalue weighted by Crippen LogP contribution is -2.37. The molecule has 0 spiro atoms. The maximum atomic E-state index is 6.20. The van der Waals surface area contributed by atoms with Crippen LogP contribution in [0.3, 0.4) is 0 Å². The molecule has 2 aliphatic rings. The highest BCUT2D eigenvalue weighted by Crippen LogP contribution is 2.34. The first-order valence-corrected chi connectivity index (χ1v) is 9.74. The normalized spacial score (nSPS) is 18.4. The molecule has 3 aromatic heterocycles. The lowest BCUT2D eigenvalue weighted by atomic mass is 10.1. The Balaban J connectivity index is 1.69. The van der Waals surface area contributed by atoms with E-state index in [1.807, 2.05) is 6.33 Å². The highest BCUT2D eigenvalue weighted by molar-refractivity contribution is 5.91. The highest BCUT2D eigenvalue weighted by Gasteiger charge is 2.25. The zero-order chi connectivity index (χ0) is 19.8. The molecule has 0 bridgehead atoms. The lowest BCUT2D eigenvalue weighted by molar-refractivity contribution is 0.0706. The summed E-state index contributed by atoms with van der Waals surface area (Å²) in [4.78, 5) is 24.6. The van der Waals surface area contributed by atoms with Gasteiger partial charge in [-0.1, -0.05) is 0 Å². The summed E-state index contributed by atoms with van der Waals surface area (Å²) in [5.74, 6) is 1.01. The number of nitrogen functional groups attached to an aromatic ring is 2. The molecule has 0 unspecified atom stereocenters. The van der Waals surface area contributed by atoms with Crippen LogP contribution in [0.25, 0.3) is 22.4 Å². The Morgan fingerprint density at radius 1 is 0.931 bits per heavy atom. The van der Waals surface area contributed by atoms with Crippen LogP contribution >= 0.6 is 0 Å². The van der Waals surface area contributed by atoms with Crippen molar-refractivity contribution < 1.29 is 9.47 Å². The fourth-order valence-corrected chi connectivity index (χ4v) is 3.86. The van der Waals surface area contributed by atoms with Gasteiger partial charge >= 0.3 is 0 Å². The minimum absolute atomic E-state index is 0.128. The van der Waals surface area contributed by atoms with Crippen LogP contribution in [0, 0.1) is 0 Å². The molecule has 3 aromatic rings. The van der Waals surface area contributed by atoms with E-state index in [2.05, 4.69) is 24.4 Å². The average Bonchev–Trinajstić information content (AvgIpc) is 3.19. The average molecular weight is 397 g/mol. The topological polar surface area (TPSA) is 143 Å². The van der Waals surface area contributed by atoms with E-state index in [-0.39, 0.29) is 17.8 Å². The van der Waals surface area contributed by atoms with E-state index in [0.29, 0.717) is 36.1 Å². The summed E-state index contributed by atoms with van der Waals surface area (Å²) < 4.78 is 13.1. The van der Waals surface area contributed by atoms with Crippen molar-refractivity contribution in [1.29, 1.82) is 0 Å². The van der Waals surface area contributed by atoms with Crippen molar-refractivity contribution in [3.8, 4) is 11.3 Å². The smallest absolute Gasteiger partial charge is 0.228 e. The van der Waals surface area contributed by atoms with Gasteiger partial charge in [0.15, 0.2) is 5.65 Å². The Morgan fingerprint density at radius 2 is 1.69 bits per heavy atom. The number of rotatable bonds is 3. The number of hydrogen-bond acceptors (Lipinski definition) is 10. The van der Waals surface area contributed by atoms with Crippen molar-refractivity contribution in [2.75, 3.05) is 55.9 Å². The fraction of sp³-hybridized carbons (Fsp3) is 0.500. The molecule has 4 N–H and O–H groups in total. The number of morpholine rings is 1. The third-order valence-electron chi connectivity index (χ3n) is 5.39. The molecule has 0 aliphatic carbocycles. The van der Waals surface area contributed by atoms with Crippen molar-refractivity contribution in [2.24, 2.45) is 0 Å². The van der Waals surface area contributed by atoms with Crippen LogP contribution in [0.2, 0.25) is 0 Å². The van der Waals surface area contributed by atoms with E-state index >= 15 is 0 Å². The molecular weight excluding hydrogens is 374 g/mol. The van der Waals surface area contributed by atoms with Crippen LogP contribution in [0.4, 0.5) is 17.7 Å². The Kier molecular flexibility index (Phi) is 4.60. The van der Waals surface area contributed by atoms with E-state index in [9.17, 15) is 0 Å². The molecule has 2 fully saturated rings. The molecule has 0 saturated carbocycles. The first-order valence-electron chi connectivity index (χ1n) is 9.74. The molecule has 29 heavy (non-hydrogen) atoms. The van der Waals surface area contributed by atoms with Crippen molar-refractivity contribution in [1.82, 2.24) is 29.5 Å². The second-order valence-corrected chi connectivity index (χ2v) is 7.17. The van der Waals surface area contributed by atoms with Crippen LogP contribution in [0.5, 0.6) is 0 Å². The molecule has 5 rings (SSSR count). The zero-order valence-corrected chi connectivity index (χ0v) is 16.0. The number of fused-ring (bicyclic) bond motifs is 1. The van der Waals surface area contributed by atoms with Crippen LogP contribution in [0.1, 0.15) is 18.9 Å².